The molecule has 27 heavy (non-hydrogen) atoms. The van der Waals surface area contributed by atoms with Gasteiger partial charge in [0.25, 0.3) is 11.5 Å². The highest BCUT2D eigenvalue weighted by atomic mass is 16.3. The monoisotopic (exact) mass is 368 g/mol. The minimum Gasteiger partial charge on any atom is -0.468 e. The molecule has 0 aliphatic carbocycles. The van der Waals surface area contributed by atoms with Crippen molar-refractivity contribution >= 4 is 16.9 Å². The Bertz CT molecular complexity index is 1010. The lowest BCUT2D eigenvalue weighted by molar-refractivity contribution is 0.0939. The van der Waals surface area contributed by atoms with Crippen molar-refractivity contribution < 1.29 is 9.21 Å². The van der Waals surface area contributed by atoms with Crippen molar-refractivity contribution in [3.8, 4) is 0 Å². The van der Waals surface area contributed by atoms with Crippen LogP contribution in [-0.4, -0.2) is 41.0 Å². The van der Waals surface area contributed by atoms with Crippen LogP contribution in [0.1, 0.15) is 34.8 Å². The molecule has 3 rings (SSSR count). The smallest absolute Gasteiger partial charge is 0.272 e. The minimum absolute atomic E-state index is 0.0601. The number of fused-ring (bicyclic) bond motifs is 1. The van der Waals surface area contributed by atoms with Gasteiger partial charge in [-0.25, -0.2) is 4.98 Å². The zero-order valence-electron chi connectivity index (χ0n) is 16.0. The van der Waals surface area contributed by atoms with Gasteiger partial charge in [-0.2, -0.15) is 0 Å². The van der Waals surface area contributed by atoms with Gasteiger partial charge in [-0.3, -0.25) is 14.5 Å². The lowest BCUT2D eigenvalue weighted by atomic mass is 10.1. The molecule has 1 atom stereocenters. The van der Waals surface area contributed by atoms with Crippen LogP contribution in [0.3, 0.4) is 0 Å². The Morgan fingerprint density at radius 3 is 2.74 bits per heavy atom. The number of likely N-dealkylation sites (N-methyl/N-ethyl adjacent to an activating group) is 1. The normalized spacial score (nSPS) is 12.5. The van der Waals surface area contributed by atoms with Crippen molar-refractivity contribution in [2.75, 3.05) is 20.6 Å². The number of rotatable bonds is 6. The summed E-state index contributed by atoms with van der Waals surface area (Å²) in [6, 6.07) is 8.88. The van der Waals surface area contributed by atoms with E-state index < -0.39 is 0 Å². The molecule has 3 aromatic rings. The summed E-state index contributed by atoms with van der Waals surface area (Å²) in [5.74, 6) is 0.604. The number of hydrogen-bond donors (Lipinski definition) is 1. The van der Waals surface area contributed by atoms with Gasteiger partial charge in [-0.1, -0.05) is 0 Å². The average Bonchev–Trinajstić information content (AvgIpc) is 3.16. The minimum atomic E-state index is -0.191. The van der Waals surface area contributed by atoms with Crippen LogP contribution >= 0.6 is 0 Å². The lowest BCUT2D eigenvalue weighted by Crippen LogP contribution is -2.34. The van der Waals surface area contributed by atoms with E-state index in [1.807, 2.05) is 38.1 Å². The Balaban J connectivity index is 1.83. The largest absolute Gasteiger partial charge is 0.468 e. The van der Waals surface area contributed by atoms with E-state index in [1.165, 1.54) is 0 Å². The number of hydrogen-bond acceptors (Lipinski definition) is 5. The number of aryl methyl sites for hydroxylation is 2. The van der Waals surface area contributed by atoms with Gasteiger partial charge in [0.1, 0.15) is 11.5 Å². The van der Waals surface area contributed by atoms with E-state index in [0.29, 0.717) is 29.9 Å². The number of nitrogens with zero attached hydrogens (tertiary/aromatic N) is 3. The Morgan fingerprint density at radius 1 is 1.33 bits per heavy atom. The van der Waals surface area contributed by atoms with E-state index in [2.05, 4.69) is 10.3 Å². The Labute approximate surface area is 157 Å². The molecule has 7 nitrogen and oxygen atoms in total. The molecule has 1 N–H and O–H groups in total. The summed E-state index contributed by atoms with van der Waals surface area (Å²) >= 11 is 0. The fourth-order valence-corrected chi connectivity index (χ4v) is 3.14. The Kier molecular flexibility index (Phi) is 5.41. The third kappa shape index (κ3) is 3.78. The number of furan rings is 1. The van der Waals surface area contributed by atoms with Gasteiger partial charge in [0.15, 0.2) is 0 Å². The van der Waals surface area contributed by atoms with Gasteiger partial charge in [-0.15, -0.1) is 0 Å². The maximum atomic E-state index is 12.6. The van der Waals surface area contributed by atoms with E-state index >= 15 is 0 Å². The van der Waals surface area contributed by atoms with E-state index in [-0.39, 0.29) is 17.5 Å². The van der Waals surface area contributed by atoms with Crippen LogP contribution in [-0.2, 0) is 6.54 Å². The second kappa shape index (κ2) is 7.75. The molecule has 1 aromatic carbocycles. The van der Waals surface area contributed by atoms with Gasteiger partial charge in [0.2, 0.25) is 0 Å². The van der Waals surface area contributed by atoms with Crippen molar-refractivity contribution in [2.45, 2.75) is 26.4 Å². The SMILES string of the molecule is CCn1c(=O)c(C)nc2cc(C(=O)NC[C@@H](c3ccco3)N(C)C)ccc21. The molecule has 2 heterocycles. The molecule has 0 saturated heterocycles. The molecular formula is C20H24N4O3. The lowest BCUT2D eigenvalue weighted by Gasteiger charge is -2.22. The summed E-state index contributed by atoms with van der Waals surface area (Å²) in [6.45, 7) is 4.57. The summed E-state index contributed by atoms with van der Waals surface area (Å²) in [6.07, 6.45) is 1.62. The number of carbonyl (C=O) groups is 1. The number of amides is 1. The molecule has 2 aromatic heterocycles. The molecule has 0 aliphatic heterocycles. The predicted octanol–water partition coefficient (Wildman–Crippen LogP) is 2.35. The first kappa shape index (κ1) is 18.8. The first-order chi connectivity index (χ1) is 12.9. The average molecular weight is 368 g/mol. The van der Waals surface area contributed by atoms with Gasteiger partial charge in [0.05, 0.1) is 23.3 Å². The summed E-state index contributed by atoms with van der Waals surface area (Å²) in [4.78, 5) is 31.2. The van der Waals surface area contributed by atoms with Gasteiger partial charge >= 0.3 is 0 Å². The van der Waals surface area contributed by atoms with Crippen LogP contribution in [0, 0.1) is 6.92 Å². The summed E-state index contributed by atoms with van der Waals surface area (Å²) < 4.78 is 7.13. The van der Waals surface area contributed by atoms with Crippen LogP contribution in [0.2, 0.25) is 0 Å². The van der Waals surface area contributed by atoms with Crippen LogP contribution < -0.4 is 10.9 Å². The van der Waals surface area contributed by atoms with Crippen molar-refractivity contribution in [3.63, 3.8) is 0 Å². The Morgan fingerprint density at radius 2 is 2.11 bits per heavy atom. The molecule has 0 spiro atoms. The number of nitrogens with one attached hydrogen (secondary N) is 1. The van der Waals surface area contributed by atoms with Gasteiger partial charge < -0.3 is 14.3 Å². The van der Waals surface area contributed by atoms with Crippen molar-refractivity contribution in [1.29, 1.82) is 0 Å². The highest BCUT2D eigenvalue weighted by Gasteiger charge is 2.18. The van der Waals surface area contributed by atoms with Crippen LogP contribution in [0.5, 0.6) is 0 Å². The number of carbonyl (C=O) groups excluding carboxylic acids is 1. The van der Waals surface area contributed by atoms with E-state index in [1.54, 1.807) is 36.0 Å². The van der Waals surface area contributed by atoms with Crippen molar-refractivity contribution in [3.05, 3.63) is 64.0 Å². The highest BCUT2D eigenvalue weighted by Crippen LogP contribution is 2.18. The van der Waals surface area contributed by atoms with E-state index in [0.717, 1.165) is 11.3 Å². The Hall–Kier alpha value is -2.93. The second-order valence-corrected chi connectivity index (χ2v) is 6.65. The van der Waals surface area contributed by atoms with Crippen LogP contribution in [0.25, 0.3) is 11.0 Å². The third-order valence-electron chi connectivity index (χ3n) is 4.64. The second-order valence-electron chi connectivity index (χ2n) is 6.65. The van der Waals surface area contributed by atoms with Crippen molar-refractivity contribution in [2.24, 2.45) is 0 Å². The standard InChI is InChI=1S/C20H24N4O3/c1-5-24-16-9-8-14(11-15(16)22-13(2)20(24)26)19(25)21-12-17(23(3)4)18-7-6-10-27-18/h6-11,17H,5,12H2,1-4H3,(H,21,25)/t17-/m0/s1. The van der Waals surface area contributed by atoms with Gasteiger partial charge in [0, 0.05) is 18.7 Å². The fourth-order valence-electron chi connectivity index (χ4n) is 3.14. The molecule has 0 saturated carbocycles. The third-order valence-corrected chi connectivity index (χ3v) is 4.64. The maximum Gasteiger partial charge on any atom is 0.272 e. The first-order valence-electron chi connectivity index (χ1n) is 8.91. The van der Waals surface area contributed by atoms with Gasteiger partial charge in [-0.05, 0) is 58.3 Å². The topological polar surface area (TPSA) is 80.4 Å². The molecule has 142 valence electrons. The summed E-state index contributed by atoms with van der Waals surface area (Å²) in [5.41, 5.74) is 2.19. The summed E-state index contributed by atoms with van der Waals surface area (Å²) in [5, 5.41) is 2.95. The molecule has 0 unspecified atom stereocenters. The predicted molar refractivity (Wildman–Crippen MR) is 104 cm³/mol. The van der Waals surface area contributed by atoms with Crippen LogP contribution in [0.15, 0.2) is 45.8 Å². The zero-order chi connectivity index (χ0) is 19.6. The van der Waals surface area contributed by atoms with E-state index in [9.17, 15) is 9.59 Å². The molecular weight excluding hydrogens is 344 g/mol. The zero-order valence-corrected chi connectivity index (χ0v) is 16.0. The van der Waals surface area contributed by atoms with Crippen LogP contribution in [0.4, 0.5) is 0 Å². The fraction of sp³-hybridized carbons (Fsp3) is 0.350. The van der Waals surface area contributed by atoms with Crippen molar-refractivity contribution in [1.82, 2.24) is 19.8 Å². The molecule has 0 bridgehead atoms. The maximum absolute atomic E-state index is 12.6. The molecule has 7 heteroatoms. The summed E-state index contributed by atoms with van der Waals surface area (Å²) in [7, 11) is 3.87. The first-order valence-corrected chi connectivity index (χ1v) is 8.91. The molecule has 0 radical (unpaired) electrons. The molecule has 0 fully saturated rings. The number of benzene rings is 1. The molecule has 0 aliphatic rings. The molecule has 1 amide bonds. The highest BCUT2D eigenvalue weighted by molar-refractivity contribution is 5.97. The van der Waals surface area contributed by atoms with E-state index in [4.69, 9.17) is 4.42 Å². The number of aromatic nitrogens is 2. The quantitative estimate of drug-likeness (QED) is 0.722.